The lowest BCUT2D eigenvalue weighted by Crippen LogP contribution is -2.10. The molecule has 17 heavy (non-hydrogen) atoms. The van der Waals surface area contributed by atoms with E-state index in [-0.39, 0.29) is 6.04 Å². The second-order valence-electron chi connectivity index (χ2n) is 4.34. The molecule has 96 valence electrons. The summed E-state index contributed by atoms with van der Waals surface area (Å²) in [5.41, 5.74) is 6.83. The number of hydrogen-bond donors (Lipinski definition) is 1. The van der Waals surface area contributed by atoms with Crippen LogP contribution in [0.3, 0.4) is 0 Å². The number of aromatic nitrogens is 1. The van der Waals surface area contributed by atoms with Gasteiger partial charge in [0.2, 0.25) is 0 Å². The molecule has 0 spiro atoms. The van der Waals surface area contributed by atoms with Crippen LogP contribution in [0.25, 0.3) is 0 Å². The Balaban J connectivity index is 2.30. The third-order valence-corrected chi connectivity index (χ3v) is 2.85. The van der Waals surface area contributed by atoms with E-state index in [2.05, 4.69) is 18.8 Å². The van der Waals surface area contributed by atoms with E-state index in [1.54, 1.807) is 6.20 Å². The highest BCUT2D eigenvalue weighted by Gasteiger charge is 2.04. The summed E-state index contributed by atoms with van der Waals surface area (Å²) in [6.07, 6.45) is 7.57. The zero-order valence-electron chi connectivity index (χ0n) is 11.0. The van der Waals surface area contributed by atoms with Crippen molar-refractivity contribution < 1.29 is 4.74 Å². The first kappa shape index (κ1) is 14.0. The van der Waals surface area contributed by atoms with Crippen molar-refractivity contribution in [2.45, 2.75) is 52.0 Å². The fourth-order valence-corrected chi connectivity index (χ4v) is 1.62. The van der Waals surface area contributed by atoms with Crippen molar-refractivity contribution in [2.24, 2.45) is 5.73 Å². The first-order valence-corrected chi connectivity index (χ1v) is 6.62. The maximum Gasteiger partial charge on any atom is 0.137 e. The zero-order valence-corrected chi connectivity index (χ0v) is 11.0. The third kappa shape index (κ3) is 5.18. The van der Waals surface area contributed by atoms with E-state index in [1.807, 2.05) is 12.1 Å². The average molecular weight is 236 g/mol. The maximum atomic E-state index is 5.90. The predicted octanol–water partition coefficient (Wildman–Crippen LogP) is 3.45. The minimum absolute atomic E-state index is 0.0357. The SMILES string of the molecule is CCCCCCOc1ccc([C@@H](N)CC)nc1. The number of pyridine rings is 1. The molecule has 0 fully saturated rings. The Morgan fingerprint density at radius 2 is 2.06 bits per heavy atom. The Bertz CT molecular complexity index is 298. The molecule has 2 N–H and O–H groups in total. The standard InChI is InChI=1S/C14H24N2O/c1-3-5-6-7-10-17-12-8-9-14(16-11-12)13(15)4-2/h8-9,11,13H,3-7,10,15H2,1-2H3/t13-/m0/s1. The van der Waals surface area contributed by atoms with Gasteiger partial charge in [0.25, 0.3) is 0 Å². The highest BCUT2D eigenvalue weighted by molar-refractivity contribution is 5.21. The van der Waals surface area contributed by atoms with Gasteiger partial charge in [0, 0.05) is 6.04 Å². The average Bonchev–Trinajstić information content (AvgIpc) is 2.38. The summed E-state index contributed by atoms with van der Waals surface area (Å²) in [5, 5.41) is 0. The normalized spacial score (nSPS) is 12.4. The molecule has 0 radical (unpaired) electrons. The van der Waals surface area contributed by atoms with Crippen molar-refractivity contribution in [3.63, 3.8) is 0 Å². The van der Waals surface area contributed by atoms with E-state index >= 15 is 0 Å². The van der Waals surface area contributed by atoms with Crippen molar-refractivity contribution in [3.8, 4) is 5.75 Å². The first-order valence-electron chi connectivity index (χ1n) is 6.62. The molecule has 3 heteroatoms. The lowest BCUT2D eigenvalue weighted by molar-refractivity contribution is 0.303. The van der Waals surface area contributed by atoms with E-state index in [4.69, 9.17) is 10.5 Å². The van der Waals surface area contributed by atoms with Gasteiger partial charge in [0.15, 0.2) is 0 Å². The quantitative estimate of drug-likeness (QED) is 0.703. The van der Waals surface area contributed by atoms with E-state index < -0.39 is 0 Å². The van der Waals surface area contributed by atoms with Gasteiger partial charge in [0.05, 0.1) is 18.5 Å². The predicted molar refractivity (Wildman–Crippen MR) is 71.1 cm³/mol. The highest BCUT2D eigenvalue weighted by Crippen LogP contribution is 2.15. The zero-order chi connectivity index (χ0) is 12.5. The number of nitrogens with two attached hydrogens (primary N) is 1. The van der Waals surface area contributed by atoms with Crippen LogP contribution in [0.1, 0.15) is 57.7 Å². The third-order valence-electron chi connectivity index (χ3n) is 2.85. The summed E-state index contributed by atoms with van der Waals surface area (Å²) in [7, 11) is 0. The van der Waals surface area contributed by atoms with Gasteiger partial charge in [-0.2, -0.15) is 0 Å². The molecule has 1 atom stereocenters. The molecule has 0 aliphatic rings. The van der Waals surface area contributed by atoms with Gasteiger partial charge in [-0.1, -0.05) is 33.1 Å². The number of nitrogens with zero attached hydrogens (tertiary/aromatic N) is 1. The highest BCUT2D eigenvalue weighted by atomic mass is 16.5. The number of unbranched alkanes of at least 4 members (excludes halogenated alkanes) is 3. The molecular weight excluding hydrogens is 212 g/mol. The fraction of sp³-hybridized carbons (Fsp3) is 0.643. The van der Waals surface area contributed by atoms with Crippen LogP contribution in [0.15, 0.2) is 18.3 Å². The molecule has 0 saturated heterocycles. The van der Waals surface area contributed by atoms with Gasteiger partial charge < -0.3 is 10.5 Å². The smallest absolute Gasteiger partial charge is 0.137 e. The van der Waals surface area contributed by atoms with Crippen LogP contribution in [-0.4, -0.2) is 11.6 Å². The van der Waals surface area contributed by atoms with Gasteiger partial charge in [-0.25, -0.2) is 0 Å². The van der Waals surface area contributed by atoms with Crippen molar-refractivity contribution in [3.05, 3.63) is 24.0 Å². The number of hydrogen-bond acceptors (Lipinski definition) is 3. The second kappa shape index (κ2) is 8.07. The Labute approximate surface area is 104 Å². The first-order chi connectivity index (χ1) is 8.27. The molecule has 0 saturated carbocycles. The largest absolute Gasteiger partial charge is 0.492 e. The lowest BCUT2D eigenvalue weighted by Gasteiger charge is -2.09. The van der Waals surface area contributed by atoms with Crippen LogP contribution in [-0.2, 0) is 0 Å². The molecule has 0 unspecified atom stereocenters. The van der Waals surface area contributed by atoms with Gasteiger partial charge in [-0.3, -0.25) is 4.98 Å². The van der Waals surface area contributed by atoms with Crippen molar-refractivity contribution in [2.75, 3.05) is 6.61 Å². The number of ether oxygens (including phenoxy) is 1. The Morgan fingerprint density at radius 3 is 2.65 bits per heavy atom. The van der Waals surface area contributed by atoms with Gasteiger partial charge in [-0.15, -0.1) is 0 Å². The topological polar surface area (TPSA) is 48.1 Å². The summed E-state index contributed by atoms with van der Waals surface area (Å²) >= 11 is 0. The van der Waals surface area contributed by atoms with E-state index in [1.165, 1.54) is 19.3 Å². The minimum atomic E-state index is 0.0357. The van der Waals surface area contributed by atoms with Crippen LogP contribution >= 0.6 is 0 Å². The van der Waals surface area contributed by atoms with Gasteiger partial charge in [-0.05, 0) is 25.0 Å². The van der Waals surface area contributed by atoms with E-state index in [0.717, 1.165) is 30.9 Å². The summed E-state index contributed by atoms with van der Waals surface area (Å²) in [4.78, 5) is 4.31. The summed E-state index contributed by atoms with van der Waals surface area (Å²) in [6, 6.07) is 3.95. The Morgan fingerprint density at radius 1 is 1.24 bits per heavy atom. The molecule has 0 aromatic carbocycles. The molecule has 1 aromatic heterocycles. The van der Waals surface area contributed by atoms with Crippen LogP contribution in [0.2, 0.25) is 0 Å². The van der Waals surface area contributed by atoms with Crippen molar-refractivity contribution >= 4 is 0 Å². The summed E-state index contributed by atoms with van der Waals surface area (Å²) < 4.78 is 5.62. The van der Waals surface area contributed by atoms with Gasteiger partial charge in [0.1, 0.15) is 5.75 Å². The molecule has 3 nitrogen and oxygen atoms in total. The maximum absolute atomic E-state index is 5.90. The minimum Gasteiger partial charge on any atom is -0.492 e. The van der Waals surface area contributed by atoms with Gasteiger partial charge >= 0.3 is 0 Å². The monoisotopic (exact) mass is 236 g/mol. The molecule has 0 bridgehead atoms. The Hall–Kier alpha value is -1.09. The second-order valence-corrected chi connectivity index (χ2v) is 4.34. The Kier molecular flexibility index (Phi) is 6.63. The van der Waals surface area contributed by atoms with Crippen molar-refractivity contribution in [1.29, 1.82) is 0 Å². The van der Waals surface area contributed by atoms with E-state index in [0.29, 0.717) is 0 Å². The summed E-state index contributed by atoms with van der Waals surface area (Å²) in [6.45, 7) is 5.05. The van der Waals surface area contributed by atoms with Crippen molar-refractivity contribution in [1.82, 2.24) is 4.98 Å². The van der Waals surface area contributed by atoms with Crippen LogP contribution in [0.5, 0.6) is 5.75 Å². The van der Waals surface area contributed by atoms with E-state index in [9.17, 15) is 0 Å². The molecule has 1 aromatic rings. The van der Waals surface area contributed by atoms with Crippen LogP contribution in [0.4, 0.5) is 0 Å². The molecule has 0 aliphatic carbocycles. The van der Waals surface area contributed by atoms with Crippen LogP contribution in [0, 0.1) is 0 Å². The molecule has 1 rings (SSSR count). The van der Waals surface area contributed by atoms with Crippen LogP contribution < -0.4 is 10.5 Å². The summed E-state index contributed by atoms with van der Waals surface area (Å²) in [5.74, 6) is 0.841. The number of rotatable bonds is 8. The fourth-order valence-electron chi connectivity index (χ4n) is 1.62. The molecule has 0 aliphatic heterocycles. The lowest BCUT2D eigenvalue weighted by atomic mass is 10.1. The molecular formula is C14H24N2O. The molecule has 1 heterocycles. The molecule has 0 amide bonds.